The lowest BCUT2D eigenvalue weighted by Crippen LogP contribution is -2.21. The summed E-state index contributed by atoms with van der Waals surface area (Å²) in [5, 5.41) is 0. The van der Waals surface area contributed by atoms with Crippen LogP contribution in [0, 0.1) is 0 Å². The second-order valence-corrected chi connectivity index (χ2v) is 3.57. The van der Waals surface area contributed by atoms with Crippen LogP contribution < -0.4 is 15.2 Å². The van der Waals surface area contributed by atoms with Crippen LogP contribution in [0.5, 0.6) is 11.5 Å². The molecule has 14 heavy (non-hydrogen) atoms. The molecule has 0 bridgehead atoms. The smallest absolute Gasteiger partial charge is 0.127 e. The van der Waals surface area contributed by atoms with Crippen LogP contribution >= 0.6 is 0 Å². The zero-order valence-corrected chi connectivity index (χ0v) is 8.49. The molecule has 0 amide bonds. The Balaban J connectivity index is 2.37. The lowest BCUT2D eigenvalue weighted by Gasteiger charge is -2.10. The van der Waals surface area contributed by atoms with Crippen molar-refractivity contribution in [1.29, 1.82) is 0 Å². The van der Waals surface area contributed by atoms with Gasteiger partial charge in [0.15, 0.2) is 0 Å². The van der Waals surface area contributed by atoms with E-state index in [0.717, 1.165) is 11.5 Å². The van der Waals surface area contributed by atoms with Gasteiger partial charge >= 0.3 is 0 Å². The molecule has 2 N–H and O–H groups in total. The fraction of sp³-hybridized carbons (Fsp3) is 0.455. The van der Waals surface area contributed by atoms with Gasteiger partial charge in [0.2, 0.25) is 0 Å². The minimum Gasteiger partial charge on any atom is -0.497 e. The number of fused-ring (bicyclic) bond motifs is 1. The van der Waals surface area contributed by atoms with E-state index in [4.69, 9.17) is 15.2 Å². The molecule has 1 aliphatic heterocycles. The van der Waals surface area contributed by atoms with Gasteiger partial charge in [-0.15, -0.1) is 0 Å². The number of nitrogens with two attached hydrogens (primary N) is 1. The molecule has 1 aromatic rings. The third kappa shape index (κ3) is 1.34. The summed E-state index contributed by atoms with van der Waals surface area (Å²) in [4.78, 5) is 0. The van der Waals surface area contributed by atoms with Gasteiger partial charge in [-0.2, -0.15) is 0 Å². The topological polar surface area (TPSA) is 44.5 Å². The third-order valence-corrected chi connectivity index (χ3v) is 2.75. The van der Waals surface area contributed by atoms with Crippen molar-refractivity contribution in [3.8, 4) is 11.5 Å². The first-order valence-electron chi connectivity index (χ1n) is 4.81. The van der Waals surface area contributed by atoms with Gasteiger partial charge in [-0.3, -0.25) is 0 Å². The molecule has 0 spiro atoms. The van der Waals surface area contributed by atoms with Crippen molar-refractivity contribution in [3.05, 3.63) is 23.8 Å². The Hall–Kier alpha value is -1.22. The summed E-state index contributed by atoms with van der Waals surface area (Å²) in [6.07, 6.45) is 0.169. The minimum atomic E-state index is 0.169. The summed E-state index contributed by atoms with van der Waals surface area (Å²) < 4.78 is 10.8. The quantitative estimate of drug-likeness (QED) is 0.774. The molecule has 0 saturated heterocycles. The predicted octanol–water partition coefficient (Wildman–Crippen LogP) is 1.52. The molecular formula is C11H15NO2. The number of benzene rings is 1. The van der Waals surface area contributed by atoms with Gasteiger partial charge in [-0.25, -0.2) is 0 Å². The Morgan fingerprint density at radius 3 is 2.93 bits per heavy atom. The Labute approximate surface area is 83.8 Å². The summed E-state index contributed by atoms with van der Waals surface area (Å²) in [5.41, 5.74) is 6.89. The predicted molar refractivity (Wildman–Crippen MR) is 54.9 cm³/mol. The SMILES string of the molecule is COc1ccc2c(c1)OC(C)C2CN. The average molecular weight is 193 g/mol. The molecule has 0 fully saturated rings. The van der Waals surface area contributed by atoms with E-state index >= 15 is 0 Å². The first kappa shape index (κ1) is 9.34. The minimum absolute atomic E-state index is 0.169. The zero-order chi connectivity index (χ0) is 10.1. The lowest BCUT2D eigenvalue weighted by atomic mass is 9.96. The molecule has 1 heterocycles. The Bertz CT molecular complexity index is 338. The molecule has 0 aliphatic carbocycles. The largest absolute Gasteiger partial charge is 0.497 e. The van der Waals surface area contributed by atoms with Crippen LogP contribution in [0.25, 0.3) is 0 Å². The molecule has 3 heteroatoms. The highest BCUT2D eigenvalue weighted by Gasteiger charge is 2.30. The van der Waals surface area contributed by atoms with Gasteiger partial charge < -0.3 is 15.2 Å². The van der Waals surface area contributed by atoms with E-state index in [1.165, 1.54) is 5.56 Å². The zero-order valence-electron chi connectivity index (χ0n) is 8.49. The second-order valence-electron chi connectivity index (χ2n) is 3.57. The van der Waals surface area contributed by atoms with Crippen molar-refractivity contribution in [2.24, 2.45) is 5.73 Å². The van der Waals surface area contributed by atoms with Crippen LogP contribution in [0.3, 0.4) is 0 Å². The number of ether oxygens (including phenoxy) is 2. The molecule has 0 saturated carbocycles. The first-order chi connectivity index (χ1) is 6.76. The monoisotopic (exact) mass is 193 g/mol. The van der Waals surface area contributed by atoms with Crippen LogP contribution in [0.15, 0.2) is 18.2 Å². The molecule has 0 aromatic heterocycles. The Morgan fingerprint density at radius 1 is 1.50 bits per heavy atom. The molecule has 76 valence electrons. The maximum absolute atomic E-state index is 5.70. The summed E-state index contributed by atoms with van der Waals surface area (Å²) in [7, 11) is 1.65. The number of hydrogen-bond acceptors (Lipinski definition) is 3. The van der Waals surface area contributed by atoms with E-state index < -0.39 is 0 Å². The molecule has 2 unspecified atom stereocenters. The van der Waals surface area contributed by atoms with E-state index in [-0.39, 0.29) is 6.10 Å². The average Bonchev–Trinajstić information content (AvgIpc) is 2.51. The highest BCUT2D eigenvalue weighted by molar-refractivity contribution is 5.46. The summed E-state index contributed by atoms with van der Waals surface area (Å²) in [6, 6.07) is 5.90. The molecular weight excluding hydrogens is 178 g/mol. The van der Waals surface area contributed by atoms with Crippen LogP contribution in [0.1, 0.15) is 18.4 Å². The molecule has 0 radical (unpaired) electrons. The van der Waals surface area contributed by atoms with Crippen LogP contribution in [-0.2, 0) is 0 Å². The highest BCUT2D eigenvalue weighted by Crippen LogP contribution is 2.39. The molecule has 2 rings (SSSR count). The lowest BCUT2D eigenvalue weighted by molar-refractivity contribution is 0.228. The normalized spacial score (nSPS) is 24.2. The van der Waals surface area contributed by atoms with Crippen molar-refractivity contribution >= 4 is 0 Å². The van der Waals surface area contributed by atoms with E-state index in [1.54, 1.807) is 7.11 Å². The second kappa shape index (κ2) is 3.50. The number of methoxy groups -OCH3 is 1. The maximum atomic E-state index is 5.70. The van der Waals surface area contributed by atoms with Crippen LogP contribution in [-0.4, -0.2) is 19.8 Å². The van der Waals surface area contributed by atoms with Gasteiger partial charge in [0.25, 0.3) is 0 Å². The fourth-order valence-electron chi connectivity index (χ4n) is 1.90. The maximum Gasteiger partial charge on any atom is 0.127 e. The van der Waals surface area contributed by atoms with Crippen LogP contribution in [0.2, 0.25) is 0 Å². The standard InChI is InChI=1S/C11H15NO2/c1-7-10(6-12)9-4-3-8(13-2)5-11(9)14-7/h3-5,7,10H,6,12H2,1-2H3. The van der Waals surface area contributed by atoms with Gasteiger partial charge in [0.1, 0.15) is 17.6 Å². The van der Waals surface area contributed by atoms with Crippen molar-refractivity contribution in [2.75, 3.05) is 13.7 Å². The summed E-state index contributed by atoms with van der Waals surface area (Å²) >= 11 is 0. The van der Waals surface area contributed by atoms with E-state index in [9.17, 15) is 0 Å². The van der Waals surface area contributed by atoms with E-state index in [1.807, 2.05) is 25.1 Å². The molecule has 2 atom stereocenters. The number of hydrogen-bond donors (Lipinski definition) is 1. The Morgan fingerprint density at radius 2 is 2.29 bits per heavy atom. The number of rotatable bonds is 2. The Kier molecular flexibility index (Phi) is 2.33. The van der Waals surface area contributed by atoms with Crippen molar-refractivity contribution in [2.45, 2.75) is 18.9 Å². The van der Waals surface area contributed by atoms with Gasteiger partial charge in [0, 0.05) is 24.1 Å². The van der Waals surface area contributed by atoms with E-state index in [2.05, 4.69) is 0 Å². The summed E-state index contributed by atoms with van der Waals surface area (Å²) in [5.74, 6) is 2.05. The highest BCUT2D eigenvalue weighted by atomic mass is 16.5. The molecule has 1 aromatic carbocycles. The van der Waals surface area contributed by atoms with Crippen molar-refractivity contribution < 1.29 is 9.47 Å². The fourth-order valence-corrected chi connectivity index (χ4v) is 1.90. The summed E-state index contributed by atoms with van der Waals surface area (Å²) in [6.45, 7) is 2.67. The van der Waals surface area contributed by atoms with Gasteiger partial charge in [0.05, 0.1) is 7.11 Å². The molecule has 3 nitrogen and oxygen atoms in total. The van der Waals surface area contributed by atoms with Crippen LogP contribution in [0.4, 0.5) is 0 Å². The van der Waals surface area contributed by atoms with E-state index in [0.29, 0.717) is 12.5 Å². The molecule has 1 aliphatic rings. The van der Waals surface area contributed by atoms with Crippen molar-refractivity contribution in [1.82, 2.24) is 0 Å². The van der Waals surface area contributed by atoms with Gasteiger partial charge in [-0.05, 0) is 13.0 Å². The first-order valence-corrected chi connectivity index (χ1v) is 4.81. The van der Waals surface area contributed by atoms with Crippen molar-refractivity contribution in [3.63, 3.8) is 0 Å². The third-order valence-electron chi connectivity index (χ3n) is 2.75. The van der Waals surface area contributed by atoms with Gasteiger partial charge in [-0.1, -0.05) is 6.07 Å².